The van der Waals surface area contributed by atoms with Gasteiger partial charge in [-0.3, -0.25) is 4.79 Å². The highest BCUT2D eigenvalue weighted by Gasteiger charge is 2.26. The number of fused-ring (bicyclic) bond motifs is 1. The monoisotopic (exact) mass is 336 g/mol. The smallest absolute Gasteiger partial charge is 0.253 e. The third-order valence-electron chi connectivity index (χ3n) is 5.16. The Morgan fingerprint density at radius 2 is 1.96 bits per heavy atom. The van der Waals surface area contributed by atoms with E-state index in [1.54, 1.807) is 0 Å². The van der Waals surface area contributed by atoms with Gasteiger partial charge in [-0.05, 0) is 61.6 Å². The molecule has 128 valence electrons. The van der Waals surface area contributed by atoms with Crippen LogP contribution in [0.1, 0.15) is 40.2 Å². The number of carbonyl (C=O) groups excluding carboxylic acids is 1. The van der Waals surface area contributed by atoms with Crippen molar-refractivity contribution in [2.75, 3.05) is 13.1 Å². The number of hydrogen-bond donors (Lipinski definition) is 1. The van der Waals surface area contributed by atoms with Crippen LogP contribution in [0.2, 0.25) is 0 Å². The van der Waals surface area contributed by atoms with Crippen LogP contribution in [0.25, 0.3) is 10.9 Å². The standard InChI is InChI=1S/C21H21FN2O/c1-14-3-2-4-16(11-14)21(25)24-9-7-15(8-10-24)19-13-23-20-12-17(22)5-6-18(19)20/h2-6,11-13,15,23H,7-10H2,1H3. The predicted molar refractivity (Wildman–Crippen MR) is 97.3 cm³/mol. The number of carbonyl (C=O) groups is 1. The number of nitrogens with one attached hydrogen (secondary N) is 1. The summed E-state index contributed by atoms with van der Waals surface area (Å²) in [5.74, 6) is 0.295. The fourth-order valence-electron chi connectivity index (χ4n) is 3.81. The summed E-state index contributed by atoms with van der Waals surface area (Å²) in [4.78, 5) is 17.8. The number of nitrogens with zero attached hydrogens (tertiary/aromatic N) is 1. The first-order chi connectivity index (χ1) is 12.1. The number of aryl methyl sites for hydroxylation is 1. The molecule has 2 heterocycles. The summed E-state index contributed by atoms with van der Waals surface area (Å²) >= 11 is 0. The van der Waals surface area contributed by atoms with Crippen LogP contribution in [0.4, 0.5) is 4.39 Å². The molecule has 3 aromatic rings. The first kappa shape index (κ1) is 15.9. The van der Waals surface area contributed by atoms with Gasteiger partial charge in [0.25, 0.3) is 5.91 Å². The van der Waals surface area contributed by atoms with Crippen molar-refractivity contribution in [3.63, 3.8) is 0 Å². The molecule has 0 spiro atoms. The normalized spacial score (nSPS) is 15.7. The zero-order valence-electron chi connectivity index (χ0n) is 14.3. The molecule has 0 bridgehead atoms. The number of hydrogen-bond acceptors (Lipinski definition) is 1. The summed E-state index contributed by atoms with van der Waals surface area (Å²) in [5, 5.41) is 1.09. The third kappa shape index (κ3) is 3.04. The lowest BCUT2D eigenvalue weighted by Crippen LogP contribution is -2.37. The fourth-order valence-corrected chi connectivity index (χ4v) is 3.81. The summed E-state index contributed by atoms with van der Waals surface area (Å²) < 4.78 is 13.4. The molecule has 1 N–H and O–H groups in total. The molecule has 25 heavy (non-hydrogen) atoms. The summed E-state index contributed by atoms with van der Waals surface area (Å²) in [7, 11) is 0. The second-order valence-corrected chi connectivity index (χ2v) is 6.87. The van der Waals surface area contributed by atoms with Crippen molar-refractivity contribution in [1.29, 1.82) is 0 Å². The minimum atomic E-state index is -0.223. The molecular weight excluding hydrogens is 315 g/mol. The highest BCUT2D eigenvalue weighted by Crippen LogP contribution is 2.33. The second-order valence-electron chi connectivity index (χ2n) is 6.87. The van der Waals surface area contributed by atoms with Crippen molar-refractivity contribution >= 4 is 16.8 Å². The average Bonchev–Trinajstić information content (AvgIpc) is 3.04. The van der Waals surface area contributed by atoms with Crippen LogP contribution in [0, 0.1) is 12.7 Å². The zero-order chi connectivity index (χ0) is 17.4. The topological polar surface area (TPSA) is 36.1 Å². The molecule has 1 aliphatic rings. The number of H-pyrrole nitrogens is 1. The molecule has 1 saturated heterocycles. The Bertz CT molecular complexity index is 923. The number of benzene rings is 2. The van der Waals surface area contributed by atoms with Gasteiger partial charge in [0.2, 0.25) is 0 Å². The Balaban J connectivity index is 1.48. The lowest BCUT2D eigenvalue weighted by Gasteiger charge is -2.32. The van der Waals surface area contributed by atoms with E-state index in [-0.39, 0.29) is 11.7 Å². The Kier molecular flexibility index (Phi) is 4.04. The molecule has 0 radical (unpaired) electrons. The summed E-state index contributed by atoms with van der Waals surface area (Å²) in [5.41, 5.74) is 3.94. The van der Waals surface area contributed by atoms with E-state index in [4.69, 9.17) is 0 Å². The Morgan fingerprint density at radius 3 is 2.72 bits per heavy atom. The number of aromatic nitrogens is 1. The van der Waals surface area contributed by atoms with Gasteiger partial charge in [-0.15, -0.1) is 0 Å². The maximum atomic E-state index is 13.4. The number of aromatic amines is 1. The van der Waals surface area contributed by atoms with Gasteiger partial charge >= 0.3 is 0 Å². The van der Waals surface area contributed by atoms with E-state index in [9.17, 15) is 9.18 Å². The van der Waals surface area contributed by atoms with Crippen LogP contribution in [0.15, 0.2) is 48.7 Å². The molecule has 2 aromatic carbocycles. The number of likely N-dealkylation sites (tertiary alicyclic amines) is 1. The van der Waals surface area contributed by atoms with Crippen LogP contribution >= 0.6 is 0 Å². The largest absolute Gasteiger partial charge is 0.361 e. The lowest BCUT2D eigenvalue weighted by atomic mass is 9.89. The summed E-state index contributed by atoms with van der Waals surface area (Å²) in [6, 6.07) is 12.7. The van der Waals surface area contributed by atoms with E-state index >= 15 is 0 Å². The molecule has 1 amide bonds. The Hall–Kier alpha value is -2.62. The van der Waals surface area contributed by atoms with Crippen molar-refractivity contribution in [2.24, 2.45) is 0 Å². The van der Waals surface area contributed by atoms with E-state index < -0.39 is 0 Å². The van der Waals surface area contributed by atoms with Crippen LogP contribution < -0.4 is 0 Å². The molecule has 4 rings (SSSR count). The third-order valence-corrected chi connectivity index (χ3v) is 5.16. The second kappa shape index (κ2) is 6.36. The molecule has 0 unspecified atom stereocenters. The first-order valence-electron chi connectivity index (χ1n) is 8.74. The average molecular weight is 336 g/mol. The Labute approximate surface area is 146 Å². The lowest BCUT2D eigenvalue weighted by molar-refractivity contribution is 0.0713. The van der Waals surface area contributed by atoms with Crippen molar-refractivity contribution in [1.82, 2.24) is 9.88 Å². The van der Waals surface area contributed by atoms with Gasteiger partial charge in [0.1, 0.15) is 5.82 Å². The van der Waals surface area contributed by atoms with E-state index in [1.807, 2.05) is 48.4 Å². The number of rotatable bonds is 2. The van der Waals surface area contributed by atoms with Crippen LogP contribution in [-0.2, 0) is 0 Å². The molecule has 0 saturated carbocycles. The van der Waals surface area contributed by atoms with Crippen molar-refractivity contribution < 1.29 is 9.18 Å². The maximum Gasteiger partial charge on any atom is 0.253 e. The first-order valence-corrected chi connectivity index (χ1v) is 8.74. The highest BCUT2D eigenvalue weighted by atomic mass is 19.1. The van der Waals surface area contributed by atoms with Crippen molar-refractivity contribution in [2.45, 2.75) is 25.7 Å². The predicted octanol–water partition coefficient (Wildman–Crippen LogP) is 4.64. The fraction of sp³-hybridized carbons (Fsp3) is 0.286. The highest BCUT2D eigenvalue weighted by molar-refractivity contribution is 5.94. The molecular formula is C21H21FN2O. The van der Waals surface area contributed by atoms with E-state index in [2.05, 4.69) is 4.98 Å². The Morgan fingerprint density at radius 1 is 1.16 bits per heavy atom. The van der Waals surface area contributed by atoms with Gasteiger partial charge in [-0.2, -0.15) is 0 Å². The molecule has 3 nitrogen and oxygen atoms in total. The van der Waals surface area contributed by atoms with Gasteiger partial charge in [0.15, 0.2) is 0 Å². The molecule has 4 heteroatoms. The quantitative estimate of drug-likeness (QED) is 0.727. The van der Waals surface area contributed by atoms with E-state index in [0.29, 0.717) is 5.92 Å². The van der Waals surface area contributed by atoms with Crippen LogP contribution in [0.3, 0.4) is 0 Å². The van der Waals surface area contributed by atoms with Crippen LogP contribution in [-0.4, -0.2) is 28.9 Å². The SMILES string of the molecule is Cc1cccc(C(=O)N2CCC(c3c[nH]c4cc(F)ccc34)CC2)c1. The zero-order valence-corrected chi connectivity index (χ0v) is 14.3. The van der Waals surface area contributed by atoms with Gasteiger partial charge in [0.05, 0.1) is 0 Å². The summed E-state index contributed by atoms with van der Waals surface area (Å²) in [6.07, 6.45) is 3.86. The molecule has 1 aromatic heterocycles. The summed E-state index contributed by atoms with van der Waals surface area (Å²) in [6.45, 7) is 3.51. The maximum absolute atomic E-state index is 13.4. The van der Waals surface area contributed by atoms with Gasteiger partial charge in [-0.1, -0.05) is 17.7 Å². The minimum absolute atomic E-state index is 0.114. The van der Waals surface area contributed by atoms with Crippen LogP contribution in [0.5, 0.6) is 0 Å². The van der Waals surface area contributed by atoms with Gasteiger partial charge in [-0.25, -0.2) is 4.39 Å². The molecule has 0 aliphatic carbocycles. The van der Waals surface area contributed by atoms with Crippen molar-refractivity contribution in [3.05, 3.63) is 71.2 Å². The van der Waals surface area contributed by atoms with Crippen molar-refractivity contribution in [3.8, 4) is 0 Å². The van der Waals surface area contributed by atoms with Gasteiger partial charge < -0.3 is 9.88 Å². The number of halogens is 1. The minimum Gasteiger partial charge on any atom is -0.361 e. The number of amides is 1. The van der Waals surface area contributed by atoms with E-state index in [1.165, 1.54) is 17.7 Å². The molecule has 0 atom stereocenters. The molecule has 1 fully saturated rings. The molecule has 1 aliphatic heterocycles. The number of piperidine rings is 1. The van der Waals surface area contributed by atoms with Gasteiger partial charge in [0, 0.05) is 35.8 Å². The van der Waals surface area contributed by atoms with E-state index in [0.717, 1.165) is 48.0 Å².